The Kier molecular flexibility index (Phi) is 3.99. The molecule has 1 aromatic rings. The zero-order valence-corrected chi connectivity index (χ0v) is 12.8. The van der Waals surface area contributed by atoms with Crippen LogP contribution in [0.2, 0.25) is 0 Å². The quantitative estimate of drug-likeness (QED) is 0.838. The van der Waals surface area contributed by atoms with Crippen molar-refractivity contribution in [2.75, 3.05) is 13.7 Å². The molecule has 2 aliphatic rings. The highest BCUT2D eigenvalue weighted by Crippen LogP contribution is 2.32. The monoisotopic (exact) mass is 309 g/mol. The number of hydrogen-bond donors (Lipinski definition) is 1. The van der Waals surface area contributed by atoms with Gasteiger partial charge in [0.15, 0.2) is 0 Å². The number of carbonyl (C=O) groups excluding carboxylic acids is 2. The lowest BCUT2D eigenvalue weighted by Gasteiger charge is -2.23. The molecule has 0 saturated carbocycles. The van der Waals surface area contributed by atoms with Crippen LogP contribution in [0.1, 0.15) is 40.1 Å². The number of carbonyl (C=O) groups is 2. The second kappa shape index (κ2) is 5.77. The minimum Gasteiger partial charge on any atom is -0.467 e. The first-order valence-electron chi connectivity index (χ1n) is 7.28. The fraction of sp³-hybridized carbons (Fsp3) is 0.600. The smallest absolute Gasteiger partial charge is 0.328 e. The molecule has 114 valence electrons. The molecule has 0 spiro atoms. The number of thiophene rings is 1. The van der Waals surface area contributed by atoms with Gasteiger partial charge in [-0.05, 0) is 31.2 Å². The van der Waals surface area contributed by atoms with Crippen LogP contribution in [0.3, 0.4) is 0 Å². The molecule has 2 heterocycles. The maximum absolute atomic E-state index is 12.8. The standard InChI is InChI=1S/C15H19NO4S/c1-20-15(19)12-6-9(17)7-16(12)14(18)11-8-21-13-5-3-2-4-10(11)13/h8-9,12,17H,2-7H2,1H3. The van der Waals surface area contributed by atoms with Crippen LogP contribution in [0.5, 0.6) is 0 Å². The third-order valence-corrected chi connectivity index (χ3v) is 5.39. The molecule has 1 aliphatic carbocycles. The summed E-state index contributed by atoms with van der Waals surface area (Å²) in [4.78, 5) is 27.3. The van der Waals surface area contributed by atoms with Gasteiger partial charge in [-0.1, -0.05) is 0 Å². The van der Waals surface area contributed by atoms with Crippen LogP contribution in [0.4, 0.5) is 0 Å². The van der Waals surface area contributed by atoms with Gasteiger partial charge < -0.3 is 14.7 Å². The van der Waals surface area contributed by atoms with E-state index in [9.17, 15) is 14.7 Å². The van der Waals surface area contributed by atoms with Crippen molar-refractivity contribution < 1.29 is 19.4 Å². The van der Waals surface area contributed by atoms with Crippen molar-refractivity contribution in [2.24, 2.45) is 0 Å². The number of fused-ring (bicyclic) bond motifs is 1. The van der Waals surface area contributed by atoms with Gasteiger partial charge in [-0.25, -0.2) is 4.79 Å². The first-order valence-corrected chi connectivity index (χ1v) is 8.16. The molecule has 2 atom stereocenters. The van der Waals surface area contributed by atoms with E-state index in [2.05, 4.69) is 0 Å². The average molecular weight is 309 g/mol. The van der Waals surface area contributed by atoms with Gasteiger partial charge >= 0.3 is 5.97 Å². The number of ether oxygens (including phenoxy) is 1. The normalized spacial score (nSPS) is 24.8. The number of aryl methyl sites for hydroxylation is 1. The molecule has 1 aromatic heterocycles. The Hall–Kier alpha value is -1.40. The maximum Gasteiger partial charge on any atom is 0.328 e. The molecule has 0 radical (unpaired) electrons. The van der Waals surface area contributed by atoms with Crippen LogP contribution < -0.4 is 0 Å². The second-order valence-corrected chi connectivity index (χ2v) is 6.61. The summed E-state index contributed by atoms with van der Waals surface area (Å²) in [6, 6.07) is -0.670. The Morgan fingerprint density at radius 3 is 2.90 bits per heavy atom. The number of hydrogen-bond acceptors (Lipinski definition) is 5. The molecular formula is C15H19NO4S. The Morgan fingerprint density at radius 2 is 2.14 bits per heavy atom. The molecule has 1 amide bonds. The SMILES string of the molecule is COC(=O)C1CC(O)CN1C(=O)c1csc2c1CCCC2. The Bertz CT molecular complexity index is 568. The van der Waals surface area contributed by atoms with Crippen LogP contribution in [0, 0.1) is 0 Å². The van der Waals surface area contributed by atoms with Gasteiger partial charge in [0.2, 0.25) is 0 Å². The number of β-amino-alcohol motifs (C(OH)–C–C–N with tert-alkyl or cyclic N) is 1. The predicted molar refractivity (Wildman–Crippen MR) is 78.4 cm³/mol. The summed E-state index contributed by atoms with van der Waals surface area (Å²) in [5.41, 5.74) is 1.85. The number of aliphatic hydroxyl groups is 1. The van der Waals surface area contributed by atoms with E-state index >= 15 is 0 Å². The van der Waals surface area contributed by atoms with Crippen LogP contribution >= 0.6 is 11.3 Å². The predicted octanol–water partition coefficient (Wildman–Crippen LogP) is 1.38. The van der Waals surface area contributed by atoms with Crippen molar-refractivity contribution in [1.29, 1.82) is 0 Å². The highest BCUT2D eigenvalue weighted by Gasteiger charge is 2.40. The van der Waals surface area contributed by atoms with Crippen LogP contribution in [-0.4, -0.2) is 47.7 Å². The van der Waals surface area contributed by atoms with Crippen molar-refractivity contribution in [3.05, 3.63) is 21.4 Å². The summed E-state index contributed by atoms with van der Waals surface area (Å²) in [7, 11) is 1.31. The summed E-state index contributed by atoms with van der Waals surface area (Å²) >= 11 is 1.63. The van der Waals surface area contributed by atoms with Gasteiger partial charge in [-0.15, -0.1) is 11.3 Å². The van der Waals surface area contributed by atoms with Gasteiger partial charge in [-0.3, -0.25) is 4.79 Å². The van der Waals surface area contributed by atoms with E-state index < -0.39 is 18.1 Å². The third kappa shape index (κ3) is 2.58. The van der Waals surface area contributed by atoms with E-state index in [1.165, 1.54) is 23.3 Å². The molecule has 0 aromatic carbocycles. The fourth-order valence-corrected chi connectivity index (χ4v) is 4.35. The number of nitrogens with zero attached hydrogens (tertiary/aromatic N) is 1. The van der Waals surface area contributed by atoms with Crippen molar-refractivity contribution >= 4 is 23.2 Å². The summed E-state index contributed by atoms with van der Waals surface area (Å²) < 4.78 is 4.75. The van der Waals surface area contributed by atoms with Gasteiger partial charge in [0.1, 0.15) is 6.04 Å². The molecule has 1 N–H and O–H groups in total. The van der Waals surface area contributed by atoms with E-state index in [4.69, 9.17) is 4.74 Å². The number of esters is 1. The molecule has 3 rings (SSSR count). The summed E-state index contributed by atoms with van der Waals surface area (Å²) in [6.07, 6.45) is 3.84. The summed E-state index contributed by atoms with van der Waals surface area (Å²) in [6.45, 7) is 0.198. The Balaban J connectivity index is 1.87. The van der Waals surface area contributed by atoms with E-state index in [0.29, 0.717) is 5.56 Å². The van der Waals surface area contributed by atoms with Gasteiger partial charge in [-0.2, -0.15) is 0 Å². The van der Waals surface area contributed by atoms with E-state index in [1.54, 1.807) is 11.3 Å². The molecule has 21 heavy (non-hydrogen) atoms. The highest BCUT2D eigenvalue weighted by atomic mass is 32.1. The summed E-state index contributed by atoms with van der Waals surface area (Å²) in [5, 5.41) is 11.7. The molecule has 1 fully saturated rings. The average Bonchev–Trinajstić information content (AvgIpc) is 3.09. The number of amides is 1. The van der Waals surface area contributed by atoms with E-state index in [-0.39, 0.29) is 18.9 Å². The number of likely N-dealkylation sites (tertiary alicyclic amines) is 1. The van der Waals surface area contributed by atoms with Gasteiger partial charge in [0.25, 0.3) is 5.91 Å². The first kappa shape index (κ1) is 14.5. The molecule has 1 saturated heterocycles. The Morgan fingerprint density at radius 1 is 1.38 bits per heavy atom. The van der Waals surface area contributed by atoms with Crippen molar-refractivity contribution in [2.45, 2.75) is 44.2 Å². The fourth-order valence-electron chi connectivity index (χ4n) is 3.23. The van der Waals surface area contributed by atoms with E-state index in [0.717, 1.165) is 24.8 Å². The summed E-state index contributed by atoms with van der Waals surface area (Å²) in [5.74, 6) is -0.606. The number of methoxy groups -OCH3 is 1. The minimum atomic E-state index is -0.670. The largest absolute Gasteiger partial charge is 0.467 e. The molecule has 5 nitrogen and oxygen atoms in total. The molecule has 2 unspecified atom stereocenters. The van der Waals surface area contributed by atoms with Crippen LogP contribution in [-0.2, 0) is 22.4 Å². The van der Waals surface area contributed by atoms with Gasteiger partial charge in [0.05, 0.1) is 18.8 Å². The molecule has 0 bridgehead atoms. The number of aliphatic hydroxyl groups excluding tert-OH is 1. The minimum absolute atomic E-state index is 0.152. The van der Waals surface area contributed by atoms with Crippen molar-refractivity contribution in [1.82, 2.24) is 4.90 Å². The van der Waals surface area contributed by atoms with Crippen LogP contribution in [0.15, 0.2) is 5.38 Å². The molecule has 6 heteroatoms. The first-order chi connectivity index (χ1) is 10.1. The zero-order valence-electron chi connectivity index (χ0n) is 12.0. The lowest BCUT2D eigenvalue weighted by atomic mass is 9.95. The lowest BCUT2D eigenvalue weighted by molar-refractivity contribution is -0.145. The van der Waals surface area contributed by atoms with Crippen molar-refractivity contribution in [3.63, 3.8) is 0 Å². The van der Waals surface area contributed by atoms with Crippen molar-refractivity contribution in [3.8, 4) is 0 Å². The zero-order chi connectivity index (χ0) is 15.0. The maximum atomic E-state index is 12.8. The topological polar surface area (TPSA) is 66.8 Å². The highest BCUT2D eigenvalue weighted by molar-refractivity contribution is 7.10. The van der Waals surface area contributed by atoms with Gasteiger partial charge in [0, 0.05) is 23.2 Å². The third-order valence-electron chi connectivity index (χ3n) is 4.30. The Labute approximate surface area is 127 Å². The molecule has 1 aliphatic heterocycles. The molecular weight excluding hydrogens is 290 g/mol. The van der Waals surface area contributed by atoms with Crippen LogP contribution in [0.25, 0.3) is 0 Å². The van der Waals surface area contributed by atoms with E-state index in [1.807, 2.05) is 5.38 Å². The second-order valence-electron chi connectivity index (χ2n) is 5.64. The number of rotatable bonds is 2. The lowest BCUT2D eigenvalue weighted by Crippen LogP contribution is -2.41.